The van der Waals surface area contributed by atoms with Crippen molar-refractivity contribution in [1.29, 1.82) is 0 Å². The Labute approximate surface area is 383 Å². The normalized spacial score (nSPS) is 27.2. The molecule has 0 spiro atoms. The van der Waals surface area contributed by atoms with Crippen molar-refractivity contribution < 1.29 is 53.1 Å². The molecule has 2 saturated carbocycles. The molecule has 2 amide bonds. The third kappa shape index (κ3) is 10.7. The number of rotatable bonds is 21. The maximum Gasteiger partial charge on any atom is 0.412 e. The van der Waals surface area contributed by atoms with Crippen LogP contribution in [0.25, 0.3) is 0 Å². The van der Waals surface area contributed by atoms with Gasteiger partial charge in [-0.15, -0.1) is 6.58 Å². The van der Waals surface area contributed by atoms with E-state index < -0.39 is 30.1 Å². The van der Waals surface area contributed by atoms with Crippen molar-refractivity contribution in [3.05, 3.63) is 71.8 Å². The number of aliphatic hydroxyl groups is 2. The van der Waals surface area contributed by atoms with Gasteiger partial charge in [-0.3, -0.25) is 4.79 Å². The number of fused-ring (bicyclic) bond motifs is 3. The molecular weight excluding hydrogens is 831 g/mol. The van der Waals surface area contributed by atoms with Crippen LogP contribution in [0, 0.1) is 23.7 Å². The van der Waals surface area contributed by atoms with Gasteiger partial charge in [-0.1, -0.05) is 61.9 Å². The van der Waals surface area contributed by atoms with Crippen molar-refractivity contribution in [2.75, 3.05) is 39.8 Å². The highest BCUT2D eigenvalue weighted by molar-refractivity contribution is 6.03. The van der Waals surface area contributed by atoms with E-state index in [1.807, 2.05) is 42.2 Å². The summed E-state index contributed by atoms with van der Waals surface area (Å²) in [7, 11) is 0. The highest BCUT2D eigenvalue weighted by atomic mass is 16.8. The third-order valence-electron chi connectivity index (χ3n) is 14.3. The maximum atomic E-state index is 15.3. The third-order valence-corrected chi connectivity index (χ3v) is 14.3. The molecule has 3 N–H and O–H groups in total. The highest BCUT2D eigenvalue weighted by Crippen LogP contribution is 2.62. The summed E-state index contributed by atoms with van der Waals surface area (Å²) in [5.74, 6) is 0.568. The van der Waals surface area contributed by atoms with Gasteiger partial charge in [-0.25, -0.2) is 4.79 Å². The Kier molecular flexibility index (Phi) is 16.0. The van der Waals surface area contributed by atoms with Crippen LogP contribution in [0.1, 0.15) is 127 Å². The van der Waals surface area contributed by atoms with Gasteiger partial charge in [0.1, 0.15) is 17.5 Å². The van der Waals surface area contributed by atoms with E-state index in [0.29, 0.717) is 67.0 Å². The Morgan fingerprint density at radius 2 is 1.74 bits per heavy atom. The number of carbonyl (C=O) groups is 2. The number of hydrogen-bond donors (Lipinski definition) is 3. The fourth-order valence-corrected chi connectivity index (χ4v) is 11.3. The predicted molar refractivity (Wildman–Crippen MR) is 244 cm³/mol. The standard InChI is InChI=1S/C51H69N3O11/c1-3-26-62-51-45(54(46(57)23-19-34-13-5-6-14-34)32-35-18-21-43-44(28-35)61-33-60-43)31-41(53-65-47-17-9-12-27-59-47)39-29-36(15-7-10-24-55)38(16-8-11-25-56)48(49(39)51)40-30-37(20-22-42(40)64-51)63-50(58)52-4-2/h3,18,20-22,28-30,34,36,38,45,47-49,55-56H,1,4-17,19,23-27,31-33H2,2H3,(H,52,58)/t36-,38+,45-,47?,48+,49+,51+/m0/s1. The number of oxime groups is 1. The zero-order valence-electron chi connectivity index (χ0n) is 38.1. The molecule has 0 bridgehead atoms. The van der Waals surface area contributed by atoms with Crippen LogP contribution >= 0.6 is 0 Å². The Balaban J connectivity index is 1.32. The quantitative estimate of drug-likeness (QED) is 0.0623. The van der Waals surface area contributed by atoms with Gasteiger partial charge in [0.05, 0.1) is 24.8 Å². The molecule has 65 heavy (non-hydrogen) atoms. The average molecular weight is 900 g/mol. The van der Waals surface area contributed by atoms with Crippen molar-refractivity contribution >= 4 is 17.7 Å². The molecule has 2 aromatic rings. The Morgan fingerprint density at radius 1 is 0.954 bits per heavy atom. The smallest absolute Gasteiger partial charge is 0.412 e. The van der Waals surface area contributed by atoms with Crippen LogP contribution in [0.2, 0.25) is 0 Å². The minimum Gasteiger partial charge on any atom is -0.459 e. The van der Waals surface area contributed by atoms with Gasteiger partial charge in [0.2, 0.25) is 24.8 Å². The van der Waals surface area contributed by atoms with Crippen LogP contribution in [-0.2, 0) is 25.7 Å². The number of ether oxygens (including phenoxy) is 6. The molecule has 8 rings (SSSR count). The van der Waals surface area contributed by atoms with Crippen molar-refractivity contribution in [3.63, 3.8) is 0 Å². The Bertz CT molecular complexity index is 2010. The van der Waals surface area contributed by atoms with Crippen molar-refractivity contribution in [1.82, 2.24) is 10.2 Å². The summed E-state index contributed by atoms with van der Waals surface area (Å²) in [6.45, 7) is 7.63. The van der Waals surface area contributed by atoms with E-state index in [-0.39, 0.29) is 63.2 Å². The topological polar surface area (TPSA) is 167 Å². The van der Waals surface area contributed by atoms with Gasteiger partial charge in [0.15, 0.2) is 11.5 Å². The molecule has 3 aliphatic carbocycles. The number of hydrogen-bond acceptors (Lipinski definition) is 12. The Morgan fingerprint density at radius 3 is 2.51 bits per heavy atom. The molecule has 2 aromatic carbocycles. The van der Waals surface area contributed by atoms with Crippen LogP contribution in [0.15, 0.2) is 65.9 Å². The fourth-order valence-electron chi connectivity index (χ4n) is 11.3. The summed E-state index contributed by atoms with van der Waals surface area (Å²) < 4.78 is 38.1. The molecule has 6 aliphatic rings. The van der Waals surface area contributed by atoms with E-state index in [9.17, 15) is 15.0 Å². The van der Waals surface area contributed by atoms with E-state index in [1.165, 1.54) is 12.8 Å². The molecular formula is C51H69N3O11. The number of nitrogens with zero attached hydrogens (tertiary/aromatic N) is 2. The van der Waals surface area contributed by atoms with E-state index in [0.717, 1.165) is 80.9 Å². The molecule has 354 valence electrons. The molecule has 3 heterocycles. The lowest BCUT2D eigenvalue weighted by Crippen LogP contribution is -2.70. The van der Waals surface area contributed by atoms with Crippen LogP contribution in [-0.4, -0.2) is 90.7 Å². The fraction of sp³-hybridized carbons (Fsp3) is 0.627. The number of amides is 2. The highest BCUT2D eigenvalue weighted by Gasteiger charge is 2.65. The van der Waals surface area contributed by atoms with Gasteiger partial charge in [0.25, 0.3) is 0 Å². The number of benzene rings is 2. The first-order chi connectivity index (χ1) is 31.8. The monoisotopic (exact) mass is 899 g/mol. The molecule has 7 atom stereocenters. The molecule has 14 heteroatoms. The minimum atomic E-state index is -1.44. The molecule has 0 radical (unpaired) electrons. The summed E-state index contributed by atoms with van der Waals surface area (Å²) in [5.41, 5.74) is 3.39. The van der Waals surface area contributed by atoms with Crippen LogP contribution in [0.4, 0.5) is 4.79 Å². The molecule has 14 nitrogen and oxygen atoms in total. The number of carbonyl (C=O) groups excluding carboxylic acids is 2. The first kappa shape index (κ1) is 46.9. The van der Waals surface area contributed by atoms with E-state index in [2.05, 4.69) is 18.0 Å². The number of unbranched alkanes of at least 4 members (excludes halogenated alkanes) is 2. The second kappa shape index (κ2) is 22.2. The maximum absolute atomic E-state index is 15.3. The Hall–Kier alpha value is -4.63. The van der Waals surface area contributed by atoms with E-state index >= 15 is 4.79 Å². The van der Waals surface area contributed by atoms with E-state index in [4.69, 9.17) is 38.4 Å². The van der Waals surface area contributed by atoms with Gasteiger partial charge in [-0.2, -0.15) is 0 Å². The zero-order valence-corrected chi connectivity index (χ0v) is 38.1. The van der Waals surface area contributed by atoms with E-state index in [1.54, 1.807) is 12.1 Å². The number of nitrogens with one attached hydrogen (secondary N) is 1. The molecule has 1 saturated heterocycles. The summed E-state index contributed by atoms with van der Waals surface area (Å²) >= 11 is 0. The number of allylic oxidation sites excluding steroid dienone is 1. The molecule has 3 fully saturated rings. The summed E-state index contributed by atoms with van der Waals surface area (Å²) in [6, 6.07) is 10.7. The lowest BCUT2D eigenvalue weighted by Gasteiger charge is -2.60. The predicted octanol–water partition coefficient (Wildman–Crippen LogP) is 8.68. The summed E-state index contributed by atoms with van der Waals surface area (Å²) in [5, 5.41) is 27.8. The summed E-state index contributed by atoms with van der Waals surface area (Å²) in [6.07, 6.45) is 16.2. The first-order valence-electron chi connectivity index (χ1n) is 24.3. The lowest BCUT2D eigenvalue weighted by molar-refractivity contribution is -0.258. The first-order valence-corrected chi connectivity index (χ1v) is 24.3. The van der Waals surface area contributed by atoms with Crippen LogP contribution in [0.3, 0.4) is 0 Å². The van der Waals surface area contributed by atoms with Crippen molar-refractivity contribution in [3.8, 4) is 23.0 Å². The number of aliphatic hydroxyl groups excluding tert-OH is 2. The molecule has 0 aromatic heterocycles. The largest absolute Gasteiger partial charge is 0.459 e. The minimum absolute atomic E-state index is 0.00160. The second-order valence-electron chi connectivity index (χ2n) is 18.5. The van der Waals surface area contributed by atoms with Gasteiger partial charge in [-0.05, 0) is 111 Å². The van der Waals surface area contributed by atoms with Crippen molar-refractivity contribution in [2.24, 2.45) is 28.8 Å². The van der Waals surface area contributed by atoms with Gasteiger partial charge in [0, 0.05) is 57.0 Å². The SMILES string of the molecule is C=CCO[C@@]12Oc3ccc(OC(=O)NCC)cc3[C@H]3[C@H](CCCCO)[C@@H](CCCCO)C=C(C(=NOC4CCCCO4)C[C@@H]1N(Cc1ccc4c(c1)OCO4)C(=O)CCC1CCCC1)[C@H]32. The van der Waals surface area contributed by atoms with Crippen molar-refractivity contribution in [2.45, 2.75) is 140 Å². The zero-order chi connectivity index (χ0) is 45.2. The van der Waals surface area contributed by atoms with Crippen LogP contribution < -0.4 is 24.3 Å². The molecule has 3 aliphatic heterocycles. The van der Waals surface area contributed by atoms with Gasteiger partial charge < -0.3 is 53.7 Å². The second-order valence-corrected chi connectivity index (χ2v) is 18.5. The lowest BCUT2D eigenvalue weighted by atomic mass is 9.55. The average Bonchev–Trinajstić information content (AvgIpc) is 4.03. The molecule has 1 unspecified atom stereocenters. The summed E-state index contributed by atoms with van der Waals surface area (Å²) in [4.78, 5) is 36.5. The van der Waals surface area contributed by atoms with Gasteiger partial charge >= 0.3 is 6.09 Å². The van der Waals surface area contributed by atoms with Crippen LogP contribution in [0.5, 0.6) is 23.0 Å².